The summed E-state index contributed by atoms with van der Waals surface area (Å²) in [5.74, 6) is -0.266. The van der Waals surface area contributed by atoms with E-state index >= 15 is 0 Å². The first-order valence-corrected chi connectivity index (χ1v) is 5.77. The second-order valence-electron chi connectivity index (χ2n) is 4.56. The van der Waals surface area contributed by atoms with Crippen LogP contribution < -0.4 is 4.90 Å². The van der Waals surface area contributed by atoms with E-state index in [1.165, 1.54) is 6.07 Å². The molecule has 5 heteroatoms. The Hall–Kier alpha value is -1.65. The smallest absolute Gasteiger partial charge is 0.327 e. The Morgan fingerprint density at radius 1 is 1.53 bits per heavy atom. The molecule has 1 aliphatic heterocycles. The molecule has 0 radical (unpaired) electrons. The van der Waals surface area contributed by atoms with Gasteiger partial charge in [0.25, 0.3) is 0 Å². The van der Waals surface area contributed by atoms with Crippen LogP contribution in [0, 0.1) is 21.8 Å². The molecule has 17 heavy (non-hydrogen) atoms. The third-order valence-corrected chi connectivity index (χ3v) is 3.15. The summed E-state index contributed by atoms with van der Waals surface area (Å²) < 4.78 is 13.5. The molecule has 1 aromatic rings. The molecule has 0 bridgehead atoms. The van der Waals surface area contributed by atoms with E-state index in [9.17, 15) is 14.5 Å². The first kappa shape index (κ1) is 11.8. The summed E-state index contributed by atoms with van der Waals surface area (Å²) in [5.41, 5.74) is 0.00292. The fourth-order valence-corrected chi connectivity index (χ4v) is 2.35. The molecule has 1 saturated heterocycles. The van der Waals surface area contributed by atoms with Crippen molar-refractivity contribution in [3.63, 3.8) is 0 Å². The molecule has 92 valence electrons. The predicted molar refractivity (Wildman–Crippen MR) is 63.7 cm³/mol. The van der Waals surface area contributed by atoms with E-state index in [-0.39, 0.29) is 0 Å². The van der Waals surface area contributed by atoms with Crippen molar-refractivity contribution < 1.29 is 9.31 Å². The maximum Gasteiger partial charge on any atom is 0.327 e. The number of para-hydroxylation sites is 1. The fraction of sp³-hybridized carbons (Fsp3) is 0.500. The number of benzene rings is 1. The van der Waals surface area contributed by atoms with E-state index in [4.69, 9.17) is 0 Å². The van der Waals surface area contributed by atoms with E-state index in [2.05, 4.69) is 6.92 Å². The number of hydrogen-bond donors (Lipinski definition) is 0. The summed E-state index contributed by atoms with van der Waals surface area (Å²) >= 11 is 0. The van der Waals surface area contributed by atoms with Crippen LogP contribution in [0.25, 0.3) is 0 Å². The van der Waals surface area contributed by atoms with E-state index in [1.807, 2.05) is 4.90 Å². The molecule has 0 aromatic heterocycles. The van der Waals surface area contributed by atoms with Crippen molar-refractivity contribution in [1.29, 1.82) is 0 Å². The van der Waals surface area contributed by atoms with Gasteiger partial charge in [0.2, 0.25) is 5.82 Å². The van der Waals surface area contributed by atoms with Gasteiger partial charge in [-0.15, -0.1) is 0 Å². The van der Waals surface area contributed by atoms with Crippen LogP contribution in [0.2, 0.25) is 0 Å². The van der Waals surface area contributed by atoms with E-state index in [0.29, 0.717) is 11.6 Å². The molecule has 2 rings (SSSR count). The third kappa shape index (κ3) is 2.38. The molecule has 0 amide bonds. The predicted octanol–water partition coefficient (Wildman–Crippen LogP) is 2.97. The van der Waals surface area contributed by atoms with Gasteiger partial charge in [0.1, 0.15) is 5.69 Å². The normalized spacial score (nSPS) is 20.4. The molecule has 1 heterocycles. The van der Waals surface area contributed by atoms with Gasteiger partial charge in [0.15, 0.2) is 0 Å². The topological polar surface area (TPSA) is 46.4 Å². The molecule has 4 nitrogen and oxygen atoms in total. The Morgan fingerprint density at radius 2 is 2.29 bits per heavy atom. The van der Waals surface area contributed by atoms with Crippen molar-refractivity contribution in [3.8, 4) is 0 Å². The lowest BCUT2D eigenvalue weighted by Crippen LogP contribution is -2.34. The van der Waals surface area contributed by atoms with Crippen LogP contribution in [0.5, 0.6) is 0 Å². The average Bonchev–Trinajstić information content (AvgIpc) is 2.28. The van der Waals surface area contributed by atoms with E-state index in [1.54, 1.807) is 6.07 Å². The van der Waals surface area contributed by atoms with Crippen molar-refractivity contribution in [2.75, 3.05) is 18.0 Å². The number of nitro groups is 1. The van der Waals surface area contributed by atoms with Gasteiger partial charge < -0.3 is 4.90 Å². The Labute approximate surface area is 99.2 Å². The van der Waals surface area contributed by atoms with Crippen LogP contribution in [-0.4, -0.2) is 18.0 Å². The highest BCUT2D eigenvalue weighted by Gasteiger charge is 2.26. The first-order chi connectivity index (χ1) is 8.09. The molecule has 0 saturated carbocycles. The SMILES string of the molecule is CC1CCCN(c2cccc(F)c2[N+](=O)[O-])C1. The fourth-order valence-electron chi connectivity index (χ4n) is 2.35. The summed E-state index contributed by atoms with van der Waals surface area (Å²) in [5, 5.41) is 10.9. The van der Waals surface area contributed by atoms with E-state index < -0.39 is 16.4 Å². The lowest BCUT2D eigenvalue weighted by atomic mass is 9.99. The van der Waals surface area contributed by atoms with Crippen LogP contribution in [0.3, 0.4) is 0 Å². The molecular weight excluding hydrogens is 223 g/mol. The molecule has 1 aromatic carbocycles. The van der Waals surface area contributed by atoms with Crippen LogP contribution in [-0.2, 0) is 0 Å². The highest BCUT2D eigenvalue weighted by molar-refractivity contribution is 5.64. The lowest BCUT2D eigenvalue weighted by molar-refractivity contribution is -0.386. The number of anilines is 1. The summed E-state index contributed by atoms with van der Waals surface area (Å²) in [6.07, 6.45) is 2.12. The largest absolute Gasteiger partial charge is 0.366 e. The maximum atomic E-state index is 13.5. The summed E-state index contributed by atoms with van der Waals surface area (Å²) in [6.45, 7) is 3.62. The van der Waals surface area contributed by atoms with Crippen molar-refractivity contribution in [3.05, 3.63) is 34.1 Å². The van der Waals surface area contributed by atoms with Gasteiger partial charge in [-0.1, -0.05) is 13.0 Å². The number of hydrogen-bond acceptors (Lipinski definition) is 3. The summed E-state index contributed by atoms with van der Waals surface area (Å²) in [7, 11) is 0. The zero-order valence-corrected chi connectivity index (χ0v) is 9.73. The van der Waals surface area contributed by atoms with E-state index in [0.717, 1.165) is 32.0 Å². The third-order valence-electron chi connectivity index (χ3n) is 3.15. The minimum Gasteiger partial charge on any atom is -0.366 e. The van der Waals surface area contributed by atoms with Gasteiger partial charge in [-0.05, 0) is 30.9 Å². The first-order valence-electron chi connectivity index (χ1n) is 5.77. The average molecular weight is 238 g/mol. The minimum absolute atomic E-state index is 0.401. The number of rotatable bonds is 2. The summed E-state index contributed by atoms with van der Waals surface area (Å²) in [6, 6.07) is 4.28. The van der Waals surface area contributed by atoms with Crippen LogP contribution in [0.4, 0.5) is 15.8 Å². The molecule has 1 atom stereocenters. The van der Waals surface area contributed by atoms with Crippen LogP contribution in [0.1, 0.15) is 19.8 Å². The number of halogens is 1. The van der Waals surface area contributed by atoms with Gasteiger partial charge in [-0.2, -0.15) is 4.39 Å². The van der Waals surface area contributed by atoms with Gasteiger partial charge >= 0.3 is 5.69 Å². The molecule has 0 spiro atoms. The zero-order chi connectivity index (χ0) is 12.4. The Morgan fingerprint density at radius 3 is 2.94 bits per heavy atom. The van der Waals surface area contributed by atoms with Crippen molar-refractivity contribution >= 4 is 11.4 Å². The Balaban J connectivity index is 2.37. The van der Waals surface area contributed by atoms with Crippen molar-refractivity contribution in [1.82, 2.24) is 0 Å². The zero-order valence-electron chi connectivity index (χ0n) is 9.73. The van der Waals surface area contributed by atoms with Crippen molar-refractivity contribution in [2.24, 2.45) is 5.92 Å². The van der Waals surface area contributed by atoms with Crippen LogP contribution in [0.15, 0.2) is 18.2 Å². The molecule has 1 aliphatic rings. The Kier molecular flexibility index (Phi) is 3.26. The number of nitrogens with zero attached hydrogens (tertiary/aromatic N) is 2. The quantitative estimate of drug-likeness (QED) is 0.587. The molecule has 1 unspecified atom stereocenters. The van der Waals surface area contributed by atoms with Gasteiger partial charge in [-0.3, -0.25) is 10.1 Å². The maximum absolute atomic E-state index is 13.5. The van der Waals surface area contributed by atoms with Crippen LogP contribution >= 0.6 is 0 Å². The Bertz CT molecular complexity index is 437. The monoisotopic (exact) mass is 238 g/mol. The van der Waals surface area contributed by atoms with Gasteiger partial charge in [0, 0.05) is 13.1 Å². The molecule has 0 N–H and O–H groups in total. The van der Waals surface area contributed by atoms with Gasteiger partial charge in [-0.25, -0.2) is 0 Å². The molecule has 1 fully saturated rings. The second kappa shape index (κ2) is 4.69. The summed E-state index contributed by atoms with van der Waals surface area (Å²) in [4.78, 5) is 12.2. The molecular formula is C12H15FN2O2. The number of nitro benzene ring substituents is 1. The van der Waals surface area contributed by atoms with Crippen molar-refractivity contribution in [2.45, 2.75) is 19.8 Å². The minimum atomic E-state index is -0.759. The highest BCUT2D eigenvalue weighted by atomic mass is 19.1. The number of piperidine rings is 1. The standard InChI is InChI=1S/C12H15FN2O2/c1-9-4-3-7-14(8-9)11-6-2-5-10(13)12(11)15(16)17/h2,5-6,9H,3-4,7-8H2,1H3. The highest BCUT2D eigenvalue weighted by Crippen LogP contribution is 2.33. The molecule has 0 aliphatic carbocycles. The second-order valence-corrected chi connectivity index (χ2v) is 4.56. The van der Waals surface area contributed by atoms with Gasteiger partial charge in [0.05, 0.1) is 4.92 Å². The lowest BCUT2D eigenvalue weighted by Gasteiger charge is -2.32.